The molecule has 0 saturated carbocycles. The van der Waals surface area contributed by atoms with Gasteiger partial charge in [0.1, 0.15) is 0 Å². The van der Waals surface area contributed by atoms with Crippen LogP contribution < -0.4 is 0 Å². The third-order valence-electron chi connectivity index (χ3n) is 1.11. The standard InChI is InChI=1S/C7H13IO/c8-6-4-2-1-3-5-7-9/h5,7,9H,1-4,6H2. The summed E-state index contributed by atoms with van der Waals surface area (Å²) in [5, 5.41) is 8.24. The average molecular weight is 240 g/mol. The quantitative estimate of drug-likeness (QED) is 0.339. The second-order valence-corrected chi connectivity index (χ2v) is 3.00. The van der Waals surface area contributed by atoms with Crippen LogP contribution in [0.3, 0.4) is 0 Å². The van der Waals surface area contributed by atoms with Gasteiger partial charge in [0.15, 0.2) is 0 Å². The highest BCUT2D eigenvalue weighted by molar-refractivity contribution is 14.1. The van der Waals surface area contributed by atoms with Gasteiger partial charge in [0, 0.05) is 0 Å². The van der Waals surface area contributed by atoms with Crippen molar-refractivity contribution >= 4 is 22.6 Å². The number of rotatable bonds is 5. The fourth-order valence-corrected chi connectivity index (χ4v) is 1.15. The first-order chi connectivity index (χ1) is 4.41. The van der Waals surface area contributed by atoms with Crippen molar-refractivity contribution < 1.29 is 5.11 Å². The Morgan fingerprint density at radius 3 is 2.56 bits per heavy atom. The van der Waals surface area contributed by atoms with Gasteiger partial charge in [-0.15, -0.1) is 0 Å². The lowest BCUT2D eigenvalue weighted by atomic mass is 10.2. The van der Waals surface area contributed by atoms with Crippen molar-refractivity contribution in [3.8, 4) is 0 Å². The van der Waals surface area contributed by atoms with Crippen molar-refractivity contribution in [2.75, 3.05) is 4.43 Å². The molecule has 0 aliphatic carbocycles. The maximum Gasteiger partial charge on any atom is 0.0751 e. The van der Waals surface area contributed by atoms with Crippen LogP contribution in [-0.4, -0.2) is 9.53 Å². The maximum atomic E-state index is 8.24. The minimum atomic E-state index is 1.02. The molecule has 0 aromatic rings. The van der Waals surface area contributed by atoms with Gasteiger partial charge >= 0.3 is 0 Å². The van der Waals surface area contributed by atoms with Crippen LogP contribution in [0.2, 0.25) is 0 Å². The number of allylic oxidation sites excluding steroid dienone is 1. The van der Waals surface area contributed by atoms with Crippen LogP contribution in [0.1, 0.15) is 25.7 Å². The molecule has 1 nitrogen and oxygen atoms in total. The molecule has 0 atom stereocenters. The van der Waals surface area contributed by atoms with E-state index in [1.165, 1.54) is 23.7 Å². The predicted octanol–water partition coefficient (Wildman–Crippen LogP) is 3.05. The average Bonchev–Trinajstić information content (AvgIpc) is 1.89. The number of aliphatic hydroxyl groups excluding tert-OH is 1. The molecule has 2 heteroatoms. The molecular weight excluding hydrogens is 227 g/mol. The summed E-state index contributed by atoms with van der Waals surface area (Å²) in [6, 6.07) is 0. The van der Waals surface area contributed by atoms with Gasteiger partial charge in [0.25, 0.3) is 0 Å². The number of halogens is 1. The highest BCUT2D eigenvalue weighted by atomic mass is 127. The highest BCUT2D eigenvalue weighted by Gasteiger charge is 1.83. The van der Waals surface area contributed by atoms with Gasteiger partial charge in [-0.2, -0.15) is 0 Å². The fourth-order valence-electron chi connectivity index (χ4n) is 0.608. The first-order valence-electron chi connectivity index (χ1n) is 3.27. The van der Waals surface area contributed by atoms with Gasteiger partial charge in [-0.25, -0.2) is 0 Å². The zero-order valence-electron chi connectivity index (χ0n) is 5.52. The third-order valence-corrected chi connectivity index (χ3v) is 1.87. The maximum absolute atomic E-state index is 8.24. The Kier molecular flexibility index (Phi) is 8.52. The number of alkyl halides is 1. The van der Waals surface area contributed by atoms with E-state index in [2.05, 4.69) is 22.6 Å². The van der Waals surface area contributed by atoms with Gasteiger partial charge < -0.3 is 5.11 Å². The highest BCUT2D eigenvalue weighted by Crippen LogP contribution is 2.02. The Balaban J connectivity index is 2.75. The first kappa shape index (κ1) is 9.27. The molecule has 0 fully saturated rings. The molecule has 0 aromatic heterocycles. The second kappa shape index (κ2) is 8.27. The number of unbranched alkanes of at least 4 members (excludes halogenated alkanes) is 3. The summed E-state index contributed by atoms with van der Waals surface area (Å²) in [6.45, 7) is 0. The van der Waals surface area contributed by atoms with Crippen molar-refractivity contribution in [3.63, 3.8) is 0 Å². The molecule has 0 rings (SSSR count). The zero-order valence-corrected chi connectivity index (χ0v) is 7.67. The topological polar surface area (TPSA) is 20.2 Å². The van der Waals surface area contributed by atoms with Crippen molar-refractivity contribution in [2.45, 2.75) is 25.7 Å². The van der Waals surface area contributed by atoms with E-state index >= 15 is 0 Å². The molecule has 0 aromatic carbocycles. The van der Waals surface area contributed by atoms with E-state index in [1.807, 2.05) is 0 Å². The van der Waals surface area contributed by atoms with Gasteiger partial charge in [0.05, 0.1) is 6.26 Å². The van der Waals surface area contributed by atoms with E-state index in [9.17, 15) is 0 Å². The van der Waals surface area contributed by atoms with Crippen molar-refractivity contribution in [1.82, 2.24) is 0 Å². The van der Waals surface area contributed by atoms with Crippen molar-refractivity contribution in [1.29, 1.82) is 0 Å². The zero-order chi connectivity index (χ0) is 6.95. The van der Waals surface area contributed by atoms with Crippen molar-refractivity contribution in [2.24, 2.45) is 0 Å². The molecule has 0 spiro atoms. The lowest BCUT2D eigenvalue weighted by Crippen LogP contribution is -1.75. The Morgan fingerprint density at radius 2 is 2.00 bits per heavy atom. The lowest BCUT2D eigenvalue weighted by molar-refractivity contribution is 0.470. The SMILES string of the molecule is OC=CCCCCCI. The lowest BCUT2D eigenvalue weighted by Gasteiger charge is -1.91. The number of aliphatic hydroxyl groups is 1. The van der Waals surface area contributed by atoms with Crippen molar-refractivity contribution in [3.05, 3.63) is 12.3 Å². The molecule has 0 heterocycles. The molecule has 0 aliphatic heterocycles. The van der Waals surface area contributed by atoms with E-state index in [4.69, 9.17) is 5.11 Å². The Bertz CT molecular complexity index is 71.3. The summed E-state index contributed by atoms with van der Waals surface area (Å²) < 4.78 is 1.25. The van der Waals surface area contributed by atoms with E-state index in [0.717, 1.165) is 12.7 Å². The molecule has 0 bridgehead atoms. The Morgan fingerprint density at radius 1 is 1.22 bits per heavy atom. The summed E-state index contributed by atoms with van der Waals surface area (Å²) in [5.41, 5.74) is 0. The fraction of sp³-hybridized carbons (Fsp3) is 0.714. The molecule has 54 valence electrons. The monoisotopic (exact) mass is 240 g/mol. The predicted molar refractivity (Wildman–Crippen MR) is 49.1 cm³/mol. The van der Waals surface area contributed by atoms with E-state index in [0.29, 0.717) is 0 Å². The van der Waals surface area contributed by atoms with Crippen LogP contribution >= 0.6 is 22.6 Å². The van der Waals surface area contributed by atoms with Crippen LogP contribution in [0.4, 0.5) is 0 Å². The summed E-state index contributed by atoms with van der Waals surface area (Å²) in [6.07, 6.45) is 7.75. The summed E-state index contributed by atoms with van der Waals surface area (Å²) in [5.74, 6) is 0. The largest absolute Gasteiger partial charge is 0.516 e. The van der Waals surface area contributed by atoms with Crippen LogP contribution in [0, 0.1) is 0 Å². The molecule has 9 heavy (non-hydrogen) atoms. The van der Waals surface area contributed by atoms with Crippen LogP contribution in [0.15, 0.2) is 12.3 Å². The molecule has 0 saturated heterocycles. The molecule has 0 radical (unpaired) electrons. The first-order valence-corrected chi connectivity index (χ1v) is 4.79. The molecule has 1 N–H and O–H groups in total. The number of hydrogen-bond donors (Lipinski definition) is 1. The molecule has 0 unspecified atom stereocenters. The molecule has 0 aliphatic rings. The Labute approximate surface area is 70.3 Å². The molecule has 0 amide bonds. The summed E-state index contributed by atoms with van der Waals surface area (Å²) in [4.78, 5) is 0. The summed E-state index contributed by atoms with van der Waals surface area (Å²) in [7, 11) is 0. The minimum Gasteiger partial charge on any atom is -0.516 e. The molecular formula is C7H13IO. The van der Waals surface area contributed by atoms with E-state index < -0.39 is 0 Å². The van der Waals surface area contributed by atoms with Gasteiger partial charge in [0.2, 0.25) is 0 Å². The van der Waals surface area contributed by atoms with Crippen LogP contribution in [0.5, 0.6) is 0 Å². The Hall–Kier alpha value is 0.270. The third kappa shape index (κ3) is 8.27. The van der Waals surface area contributed by atoms with Gasteiger partial charge in [-0.1, -0.05) is 35.1 Å². The normalized spacial score (nSPS) is 10.8. The number of hydrogen-bond acceptors (Lipinski definition) is 1. The van der Waals surface area contributed by atoms with Gasteiger partial charge in [-0.3, -0.25) is 0 Å². The van der Waals surface area contributed by atoms with Gasteiger partial charge in [-0.05, 0) is 23.7 Å². The van der Waals surface area contributed by atoms with E-state index in [1.54, 1.807) is 6.08 Å². The van der Waals surface area contributed by atoms with Crippen LogP contribution in [0.25, 0.3) is 0 Å². The smallest absolute Gasteiger partial charge is 0.0751 e. The second-order valence-electron chi connectivity index (χ2n) is 1.92. The summed E-state index contributed by atoms with van der Waals surface area (Å²) >= 11 is 2.38. The van der Waals surface area contributed by atoms with Crippen LogP contribution in [-0.2, 0) is 0 Å². The minimum absolute atomic E-state index is 1.02. The van der Waals surface area contributed by atoms with E-state index in [-0.39, 0.29) is 0 Å².